The van der Waals surface area contributed by atoms with Gasteiger partial charge in [-0.1, -0.05) is 6.07 Å². The molecule has 4 aromatic heterocycles. The summed E-state index contributed by atoms with van der Waals surface area (Å²) in [6, 6.07) is 9.07. The lowest BCUT2D eigenvalue weighted by Crippen LogP contribution is -2.06. The second kappa shape index (κ2) is 4.24. The average Bonchev–Trinajstić information content (AvgIpc) is 2.86. The van der Waals surface area contributed by atoms with Crippen LogP contribution in [-0.4, -0.2) is 24.7 Å². The highest BCUT2D eigenvalue weighted by atomic mass is 16.1. The van der Waals surface area contributed by atoms with E-state index < -0.39 is 0 Å². The molecule has 0 fully saturated rings. The first-order valence-electron chi connectivity index (χ1n) is 6.53. The quantitative estimate of drug-likeness (QED) is 0.577. The topological polar surface area (TPSA) is 76.5 Å². The highest BCUT2D eigenvalue weighted by molar-refractivity contribution is 5.91. The second-order valence-electron chi connectivity index (χ2n) is 4.76. The third-order valence-corrected chi connectivity index (χ3v) is 3.44. The van der Waals surface area contributed by atoms with Gasteiger partial charge in [0, 0.05) is 12.4 Å². The SMILES string of the molecule is Cc1nn(-c2ccccn2)c2[nH]c3ncccc3c(=O)c12. The Morgan fingerprint density at radius 3 is 2.76 bits per heavy atom. The zero-order valence-corrected chi connectivity index (χ0v) is 11.2. The van der Waals surface area contributed by atoms with Crippen LogP contribution in [-0.2, 0) is 0 Å². The molecule has 4 aromatic rings. The zero-order valence-electron chi connectivity index (χ0n) is 11.2. The fourth-order valence-corrected chi connectivity index (χ4v) is 2.49. The van der Waals surface area contributed by atoms with Crippen LogP contribution in [0.25, 0.3) is 27.9 Å². The fraction of sp³-hybridized carbons (Fsp3) is 0.0667. The van der Waals surface area contributed by atoms with E-state index in [1.54, 1.807) is 29.2 Å². The summed E-state index contributed by atoms with van der Waals surface area (Å²) in [5.74, 6) is 0.654. The lowest BCUT2D eigenvalue weighted by Gasteiger charge is -2.02. The minimum absolute atomic E-state index is 0.0634. The summed E-state index contributed by atoms with van der Waals surface area (Å²) in [6.07, 6.45) is 3.34. The molecule has 0 amide bonds. The Kier molecular flexibility index (Phi) is 2.38. The number of nitrogens with one attached hydrogen (secondary N) is 1. The van der Waals surface area contributed by atoms with Crippen molar-refractivity contribution in [2.75, 3.05) is 0 Å². The van der Waals surface area contributed by atoms with Gasteiger partial charge in [0.15, 0.2) is 5.82 Å². The molecule has 0 aliphatic carbocycles. The Morgan fingerprint density at radius 2 is 1.95 bits per heavy atom. The van der Waals surface area contributed by atoms with Crippen molar-refractivity contribution >= 4 is 22.1 Å². The van der Waals surface area contributed by atoms with Crippen LogP contribution in [0.4, 0.5) is 0 Å². The third kappa shape index (κ3) is 1.66. The first kappa shape index (κ1) is 11.8. The summed E-state index contributed by atoms with van der Waals surface area (Å²) in [5.41, 5.74) is 1.77. The van der Waals surface area contributed by atoms with Gasteiger partial charge in [-0.25, -0.2) is 9.97 Å². The van der Waals surface area contributed by atoms with E-state index in [2.05, 4.69) is 20.1 Å². The minimum Gasteiger partial charge on any atom is -0.324 e. The van der Waals surface area contributed by atoms with Crippen molar-refractivity contribution in [1.82, 2.24) is 24.7 Å². The zero-order chi connectivity index (χ0) is 14.4. The molecule has 102 valence electrons. The van der Waals surface area contributed by atoms with Gasteiger partial charge in [-0.05, 0) is 31.2 Å². The molecule has 1 N–H and O–H groups in total. The number of aromatic nitrogens is 5. The molecule has 4 rings (SSSR count). The molecule has 0 aliphatic heterocycles. The van der Waals surface area contributed by atoms with Crippen molar-refractivity contribution in [3.63, 3.8) is 0 Å². The third-order valence-electron chi connectivity index (χ3n) is 3.44. The highest BCUT2D eigenvalue weighted by Gasteiger charge is 2.15. The van der Waals surface area contributed by atoms with Crippen molar-refractivity contribution in [1.29, 1.82) is 0 Å². The van der Waals surface area contributed by atoms with E-state index in [1.165, 1.54) is 0 Å². The Bertz CT molecular complexity index is 1020. The van der Waals surface area contributed by atoms with Crippen LogP contribution in [0.2, 0.25) is 0 Å². The summed E-state index contributed by atoms with van der Waals surface area (Å²) >= 11 is 0. The maximum Gasteiger partial charge on any atom is 0.202 e. The summed E-state index contributed by atoms with van der Waals surface area (Å²) < 4.78 is 1.64. The first-order chi connectivity index (χ1) is 10.3. The molecule has 0 radical (unpaired) electrons. The predicted octanol–water partition coefficient (Wildman–Crippen LogP) is 1.97. The smallest absolute Gasteiger partial charge is 0.202 e. The van der Waals surface area contributed by atoms with Crippen LogP contribution >= 0.6 is 0 Å². The van der Waals surface area contributed by atoms with Gasteiger partial charge in [-0.15, -0.1) is 0 Å². The monoisotopic (exact) mass is 277 g/mol. The van der Waals surface area contributed by atoms with Crippen molar-refractivity contribution < 1.29 is 0 Å². The lowest BCUT2D eigenvalue weighted by atomic mass is 10.2. The standard InChI is InChI=1S/C15H11N5O/c1-9-12-13(21)10-5-4-8-17-14(10)18-15(12)20(19-9)11-6-2-3-7-16-11/h2-8H,1H3,(H,17,18,21). The number of nitrogens with zero attached hydrogens (tertiary/aromatic N) is 4. The maximum absolute atomic E-state index is 12.6. The van der Waals surface area contributed by atoms with Gasteiger partial charge in [0.25, 0.3) is 0 Å². The van der Waals surface area contributed by atoms with E-state index in [0.29, 0.717) is 33.6 Å². The van der Waals surface area contributed by atoms with Gasteiger partial charge >= 0.3 is 0 Å². The Hall–Kier alpha value is -3.02. The van der Waals surface area contributed by atoms with E-state index in [-0.39, 0.29) is 5.43 Å². The van der Waals surface area contributed by atoms with Crippen LogP contribution in [0.15, 0.2) is 47.5 Å². The summed E-state index contributed by atoms with van der Waals surface area (Å²) in [5, 5.41) is 5.57. The van der Waals surface area contributed by atoms with Gasteiger partial charge in [0.05, 0.1) is 16.5 Å². The van der Waals surface area contributed by atoms with Crippen LogP contribution in [0, 0.1) is 6.92 Å². The number of hydrogen-bond acceptors (Lipinski definition) is 4. The van der Waals surface area contributed by atoms with E-state index in [0.717, 1.165) is 0 Å². The maximum atomic E-state index is 12.6. The number of rotatable bonds is 1. The second-order valence-corrected chi connectivity index (χ2v) is 4.76. The molecule has 0 saturated carbocycles. The molecular formula is C15H11N5O. The van der Waals surface area contributed by atoms with Crippen molar-refractivity contribution in [3.8, 4) is 5.82 Å². The molecule has 6 nitrogen and oxygen atoms in total. The largest absolute Gasteiger partial charge is 0.324 e. The molecule has 0 atom stereocenters. The van der Waals surface area contributed by atoms with Crippen molar-refractivity contribution in [2.45, 2.75) is 6.92 Å². The molecule has 0 aliphatic rings. The number of pyridine rings is 3. The molecule has 0 spiro atoms. The molecule has 21 heavy (non-hydrogen) atoms. The van der Waals surface area contributed by atoms with Gasteiger partial charge in [0.1, 0.15) is 11.3 Å². The summed E-state index contributed by atoms with van der Waals surface area (Å²) in [4.78, 5) is 24.3. The molecule has 4 heterocycles. The fourth-order valence-electron chi connectivity index (χ4n) is 2.49. The van der Waals surface area contributed by atoms with E-state index in [9.17, 15) is 4.79 Å². The normalized spacial score (nSPS) is 11.3. The van der Waals surface area contributed by atoms with E-state index in [4.69, 9.17) is 0 Å². The molecule has 0 aromatic carbocycles. The van der Waals surface area contributed by atoms with Crippen LogP contribution in [0.1, 0.15) is 5.69 Å². The number of H-pyrrole nitrogens is 1. The van der Waals surface area contributed by atoms with Gasteiger partial charge in [-0.3, -0.25) is 4.79 Å². The number of hydrogen-bond donors (Lipinski definition) is 1. The molecule has 0 unspecified atom stereocenters. The molecule has 6 heteroatoms. The van der Waals surface area contributed by atoms with Crippen LogP contribution in [0.3, 0.4) is 0 Å². The van der Waals surface area contributed by atoms with Gasteiger partial charge < -0.3 is 4.98 Å². The van der Waals surface area contributed by atoms with Crippen molar-refractivity contribution in [2.24, 2.45) is 0 Å². The Balaban J connectivity index is 2.19. The average molecular weight is 277 g/mol. The van der Waals surface area contributed by atoms with Gasteiger partial charge in [0.2, 0.25) is 5.43 Å². The molecular weight excluding hydrogens is 266 g/mol. The molecule has 0 saturated heterocycles. The summed E-state index contributed by atoms with van der Waals surface area (Å²) in [6.45, 7) is 1.82. The first-order valence-corrected chi connectivity index (χ1v) is 6.53. The summed E-state index contributed by atoms with van der Waals surface area (Å²) in [7, 11) is 0. The van der Waals surface area contributed by atoms with Gasteiger partial charge in [-0.2, -0.15) is 9.78 Å². The van der Waals surface area contributed by atoms with Crippen molar-refractivity contribution in [3.05, 3.63) is 58.6 Å². The minimum atomic E-state index is -0.0634. The number of aryl methyl sites for hydroxylation is 1. The lowest BCUT2D eigenvalue weighted by molar-refractivity contribution is 0.848. The Labute approximate surface area is 119 Å². The van der Waals surface area contributed by atoms with Crippen LogP contribution < -0.4 is 5.43 Å². The van der Waals surface area contributed by atoms with E-state index in [1.807, 2.05) is 25.1 Å². The number of aromatic amines is 1. The predicted molar refractivity (Wildman–Crippen MR) is 79.5 cm³/mol. The molecule has 0 bridgehead atoms. The number of fused-ring (bicyclic) bond motifs is 2. The Morgan fingerprint density at radius 1 is 1.10 bits per heavy atom. The highest BCUT2D eigenvalue weighted by Crippen LogP contribution is 2.18. The van der Waals surface area contributed by atoms with E-state index >= 15 is 0 Å². The van der Waals surface area contributed by atoms with Crippen LogP contribution in [0.5, 0.6) is 0 Å².